The number of halogens is 2. The number of ether oxygens (including phenoxy) is 1. The maximum absolute atomic E-state index is 12.8. The van der Waals surface area contributed by atoms with Crippen LogP contribution in [0.4, 0.5) is 0 Å². The molecule has 0 radical (unpaired) electrons. The highest BCUT2D eigenvalue weighted by molar-refractivity contribution is 6.35. The Morgan fingerprint density at radius 2 is 2.05 bits per heavy atom. The van der Waals surface area contributed by atoms with Gasteiger partial charge in [-0.15, -0.1) is 0 Å². The Hall–Kier alpha value is -1.63. The maximum atomic E-state index is 12.8. The monoisotopic (exact) mass is 341 g/mol. The lowest BCUT2D eigenvalue weighted by molar-refractivity contribution is -0.00576. The predicted octanol–water partition coefficient (Wildman–Crippen LogP) is 2.90. The summed E-state index contributed by atoms with van der Waals surface area (Å²) in [5.41, 5.74) is 0.421. The number of morpholine rings is 1. The molecule has 1 unspecified atom stereocenters. The van der Waals surface area contributed by atoms with Crippen molar-refractivity contribution in [1.82, 2.24) is 15.0 Å². The van der Waals surface area contributed by atoms with Gasteiger partial charge in [-0.2, -0.15) is 4.98 Å². The van der Waals surface area contributed by atoms with Crippen molar-refractivity contribution in [2.75, 3.05) is 19.8 Å². The van der Waals surface area contributed by atoms with E-state index in [0.29, 0.717) is 47.1 Å². The Labute approximate surface area is 136 Å². The minimum absolute atomic E-state index is 0.194. The van der Waals surface area contributed by atoms with Crippen molar-refractivity contribution < 1.29 is 14.1 Å². The van der Waals surface area contributed by atoms with Gasteiger partial charge in [-0.05, 0) is 18.2 Å². The molecule has 3 rings (SSSR count). The fraction of sp³-hybridized carbons (Fsp3) is 0.357. The first kappa shape index (κ1) is 15.3. The third-order valence-corrected chi connectivity index (χ3v) is 3.78. The summed E-state index contributed by atoms with van der Waals surface area (Å²) in [5.74, 6) is 0.678. The van der Waals surface area contributed by atoms with Gasteiger partial charge in [-0.25, -0.2) is 0 Å². The smallest absolute Gasteiger partial charge is 0.254 e. The summed E-state index contributed by atoms with van der Waals surface area (Å²) in [6.45, 7) is 2.90. The first-order valence-electron chi connectivity index (χ1n) is 6.69. The topological polar surface area (TPSA) is 68.5 Å². The van der Waals surface area contributed by atoms with Crippen LogP contribution in [0.5, 0.6) is 0 Å². The Morgan fingerprint density at radius 1 is 1.32 bits per heavy atom. The van der Waals surface area contributed by atoms with Gasteiger partial charge >= 0.3 is 0 Å². The van der Waals surface area contributed by atoms with Crippen LogP contribution in [0, 0.1) is 6.92 Å². The van der Waals surface area contributed by atoms with Crippen molar-refractivity contribution in [3.05, 3.63) is 45.5 Å². The number of benzene rings is 1. The van der Waals surface area contributed by atoms with Gasteiger partial charge in [0.1, 0.15) is 6.04 Å². The summed E-state index contributed by atoms with van der Waals surface area (Å²) in [5, 5.41) is 4.71. The van der Waals surface area contributed by atoms with Gasteiger partial charge < -0.3 is 14.2 Å². The summed E-state index contributed by atoms with van der Waals surface area (Å²) in [6.07, 6.45) is 0. The van der Waals surface area contributed by atoms with E-state index in [4.69, 9.17) is 32.5 Å². The average Bonchev–Trinajstić information content (AvgIpc) is 2.92. The van der Waals surface area contributed by atoms with Crippen LogP contribution in [-0.4, -0.2) is 40.7 Å². The quantitative estimate of drug-likeness (QED) is 0.839. The summed E-state index contributed by atoms with van der Waals surface area (Å²) in [4.78, 5) is 18.6. The fourth-order valence-corrected chi connectivity index (χ4v) is 2.88. The molecule has 0 saturated carbocycles. The van der Waals surface area contributed by atoms with Gasteiger partial charge in [-0.3, -0.25) is 4.79 Å². The van der Waals surface area contributed by atoms with Crippen LogP contribution < -0.4 is 0 Å². The van der Waals surface area contributed by atoms with E-state index in [1.165, 1.54) is 0 Å². The van der Waals surface area contributed by atoms with Crippen LogP contribution >= 0.6 is 23.2 Å². The fourth-order valence-electron chi connectivity index (χ4n) is 2.35. The third-order valence-electron chi connectivity index (χ3n) is 3.34. The molecule has 1 aliphatic heterocycles. The maximum Gasteiger partial charge on any atom is 0.254 e. The Balaban J connectivity index is 1.91. The molecule has 1 fully saturated rings. The molecule has 6 nitrogen and oxygen atoms in total. The number of carbonyl (C=O) groups excluding carboxylic acids is 1. The number of rotatable bonds is 2. The van der Waals surface area contributed by atoms with E-state index < -0.39 is 6.04 Å². The van der Waals surface area contributed by atoms with E-state index in [-0.39, 0.29) is 5.91 Å². The second kappa shape index (κ2) is 6.24. The minimum Gasteiger partial charge on any atom is -0.377 e. The zero-order valence-electron chi connectivity index (χ0n) is 11.8. The lowest BCUT2D eigenvalue weighted by Crippen LogP contribution is -2.43. The molecule has 1 aliphatic rings. The van der Waals surface area contributed by atoms with Crippen LogP contribution in [0.25, 0.3) is 0 Å². The first-order chi connectivity index (χ1) is 10.5. The highest BCUT2D eigenvalue weighted by atomic mass is 35.5. The Kier molecular flexibility index (Phi) is 4.33. The van der Waals surface area contributed by atoms with E-state index in [2.05, 4.69) is 10.1 Å². The summed E-state index contributed by atoms with van der Waals surface area (Å²) in [7, 11) is 0. The largest absolute Gasteiger partial charge is 0.377 e. The highest BCUT2D eigenvalue weighted by Crippen LogP contribution is 2.26. The molecule has 0 N–H and O–H groups in total. The van der Waals surface area contributed by atoms with Gasteiger partial charge in [0.15, 0.2) is 5.82 Å². The van der Waals surface area contributed by atoms with Crippen molar-refractivity contribution in [1.29, 1.82) is 0 Å². The molecule has 1 amide bonds. The van der Waals surface area contributed by atoms with E-state index in [9.17, 15) is 4.79 Å². The molecule has 8 heteroatoms. The molecular weight excluding hydrogens is 329 g/mol. The zero-order chi connectivity index (χ0) is 15.7. The van der Waals surface area contributed by atoms with Crippen LogP contribution in [-0.2, 0) is 4.74 Å². The van der Waals surface area contributed by atoms with Crippen LogP contribution in [0.1, 0.15) is 28.1 Å². The molecule has 22 heavy (non-hydrogen) atoms. The number of hydrogen-bond donors (Lipinski definition) is 0. The summed E-state index contributed by atoms with van der Waals surface area (Å²) >= 11 is 11.9. The molecule has 0 spiro atoms. The number of aryl methyl sites for hydroxylation is 1. The van der Waals surface area contributed by atoms with Crippen molar-refractivity contribution in [2.24, 2.45) is 0 Å². The van der Waals surface area contributed by atoms with Crippen LogP contribution in [0.2, 0.25) is 10.0 Å². The lowest BCUT2D eigenvalue weighted by Gasteiger charge is -2.33. The average molecular weight is 342 g/mol. The molecule has 2 heterocycles. The zero-order valence-corrected chi connectivity index (χ0v) is 13.3. The molecule has 0 aliphatic carbocycles. The predicted molar refractivity (Wildman–Crippen MR) is 80.1 cm³/mol. The molecule has 0 bridgehead atoms. The first-order valence-corrected chi connectivity index (χ1v) is 7.45. The third kappa shape index (κ3) is 3.09. The van der Waals surface area contributed by atoms with Crippen molar-refractivity contribution in [2.45, 2.75) is 13.0 Å². The number of aromatic nitrogens is 2. The van der Waals surface area contributed by atoms with Crippen LogP contribution in [0.3, 0.4) is 0 Å². The summed E-state index contributed by atoms with van der Waals surface area (Å²) < 4.78 is 10.4. The SMILES string of the molecule is Cc1nc(C2COCCN2C(=O)c2cc(Cl)cc(Cl)c2)no1. The minimum atomic E-state index is -0.392. The molecule has 1 atom stereocenters. The summed E-state index contributed by atoms with van der Waals surface area (Å²) in [6, 6.07) is 4.36. The second-order valence-corrected chi connectivity index (χ2v) is 5.79. The van der Waals surface area contributed by atoms with E-state index in [0.717, 1.165) is 0 Å². The van der Waals surface area contributed by atoms with Crippen molar-refractivity contribution in [3.8, 4) is 0 Å². The molecule has 1 saturated heterocycles. The highest BCUT2D eigenvalue weighted by Gasteiger charge is 2.32. The molecule has 2 aromatic rings. The van der Waals surface area contributed by atoms with Crippen molar-refractivity contribution in [3.63, 3.8) is 0 Å². The van der Waals surface area contributed by atoms with E-state index in [1.54, 1.807) is 30.0 Å². The van der Waals surface area contributed by atoms with E-state index >= 15 is 0 Å². The molecule has 1 aromatic carbocycles. The van der Waals surface area contributed by atoms with Gasteiger partial charge in [0.25, 0.3) is 5.91 Å². The van der Waals surface area contributed by atoms with Gasteiger partial charge in [0.05, 0.1) is 13.2 Å². The normalized spacial score (nSPS) is 18.5. The number of nitrogens with zero attached hydrogens (tertiary/aromatic N) is 3. The van der Waals surface area contributed by atoms with E-state index in [1.807, 2.05) is 0 Å². The van der Waals surface area contributed by atoms with Gasteiger partial charge in [0, 0.05) is 29.1 Å². The Morgan fingerprint density at radius 3 is 2.68 bits per heavy atom. The standard InChI is InChI=1S/C14H13Cl2N3O3/c1-8-17-13(18-22-8)12-7-21-3-2-19(12)14(20)9-4-10(15)6-11(16)5-9/h4-6,12H,2-3,7H2,1H3. The number of carbonyl (C=O) groups is 1. The Bertz CT molecular complexity index is 684. The lowest BCUT2D eigenvalue weighted by atomic mass is 10.1. The second-order valence-electron chi connectivity index (χ2n) is 4.92. The number of amides is 1. The van der Waals surface area contributed by atoms with Gasteiger partial charge in [-0.1, -0.05) is 28.4 Å². The number of hydrogen-bond acceptors (Lipinski definition) is 5. The van der Waals surface area contributed by atoms with Crippen LogP contribution in [0.15, 0.2) is 22.7 Å². The molecular formula is C14H13Cl2N3O3. The van der Waals surface area contributed by atoms with Gasteiger partial charge in [0.2, 0.25) is 5.89 Å². The molecule has 116 valence electrons. The molecule has 1 aromatic heterocycles. The van der Waals surface area contributed by atoms with Crippen molar-refractivity contribution >= 4 is 29.1 Å².